The number of likely N-dealkylation sites (tertiary alicyclic amines) is 1. The van der Waals surface area contributed by atoms with E-state index in [0.717, 1.165) is 32.5 Å². The van der Waals surface area contributed by atoms with Crippen molar-refractivity contribution in [1.82, 2.24) is 9.21 Å². The van der Waals surface area contributed by atoms with Crippen LogP contribution in [-0.4, -0.2) is 62.6 Å². The summed E-state index contributed by atoms with van der Waals surface area (Å²) in [5.41, 5.74) is 5.97. The second-order valence-electron chi connectivity index (χ2n) is 6.63. The number of hydrogen-bond donors (Lipinski definition) is 1. The molecule has 2 fully saturated rings. The lowest BCUT2D eigenvalue weighted by Crippen LogP contribution is -2.46. The van der Waals surface area contributed by atoms with Crippen LogP contribution in [-0.2, 0) is 10.0 Å². The molecule has 0 aliphatic carbocycles. The Hall–Kier alpha value is 0.120. The van der Waals surface area contributed by atoms with Crippen molar-refractivity contribution >= 4 is 22.4 Å². The van der Waals surface area contributed by atoms with Gasteiger partial charge in [-0.05, 0) is 57.5 Å². The molecule has 0 radical (unpaired) electrons. The number of piperidine rings is 2. The van der Waals surface area contributed by atoms with Crippen molar-refractivity contribution in [2.75, 3.05) is 39.0 Å². The van der Waals surface area contributed by atoms with Gasteiger partial charge >= 0.3 is 0 Å². The third-order valence-electron chi connectivity index (χ3n) is 4.84. The van der Waals surface area contributed by atoms with E-state index in [2.05, 4.69) is 11.8 Å². The maximum atomic E-state index is 11.6. The highest BCUT2D eigenvalue weighted by molar-refractivity contribution is 7.88. The van der Waals surface area contributed by atoms with Crippen LogP contribution in [0, 0.1) is 11.8 Å². The van der Waals surface area contributed by atoms with E-state index in [1.807, 2.05) is 0 Å². The molecule has 2 N–H and O–H groups in total. The molecule has 0 aromatic carbocycles. The smallest absolute Gasteiger partial charge is 0.211 e. The lowest BCUT2D eigenvalue weighted by atomic mass is 9.90. The molecule has 0 bridgehead atoms. The Balaban J connectivity index is 0.00000220. The van der Waals surface area contributed by atoms with Gasteiger partial charge in [-0.15, -0.1) is 12.4 Å². The zero-order valence-corrected chi connectivity index (χ0v) is 14.8. The summed E-state index contributed by atoms with van der Waals surface area (Å²) in [6.45, 7) is 6.76. The van der Waals surface area contributed by atoms with Gasteiger partial charge < -0.3 is 10.6 Å². The standard InChI is InChI=1S/C14H29N3O2S.ClH/c1-12(15)14-5-8-16(9-6-14)10-13-4-3-7-17(11-13)20(2,18)19;/h12-14H,3-11,15H2,1-2H3;1H. The van der Waals surface area contributed by atoms with Crippen LogP contribution >= 0.6 is 12.4 Å². The van der Waals surface area contributed by atoms with Crippen molar-refractivity contribution in [2.24, 2.45) is 17.6 Å². The van der Waals surface area contributed by atoms with Gasteiger partial charge in [-0.25, -0.2) is 12.7 Å². The first-order valence-corrected chi connectivity index (χ1v) is 9.64. The minimum Gasteiger partial charge on any atom is -0.328 e. The van der Waals surface area contributed by atoms with Gasteiger partial charge in [0.1, 0.15) is 0 Å². The Bertz CT molecular complexity index is 408. The average molecular weight is 340 g/mol. The second-order valence-corrected chi connectivity index (χ2v) is 8.61. The Labute approximate surface area is 135 Å². The van der Waals surface area contributed by atoms with E-state index in [0.29, 0.717) is 31.0 Å². The molecule has 0 aromatic heterocycles. The summed E-state index contributed by atoms with van der Waals surface area (Å²) in [5.74, 6) is 1.15. The fourth-order valence-electron chi connectivity index (χ4n) is 3.50. The normalized spacial score (nSPS) is 28.0. The van der Waals surface area contributed by atoms with Gasteiger partial charge in [0.2, 0.25) is 10.0 Å². The fraction of sp³-hybridized carbons (Fsp3) is 1.00. The molecule has 5 nitrogen and oxygen atoms in total. The summed E-state index contributed by atoms with van der Waals surface area (Å²) < 4.78 is 24.9. The maximum absolute atomic E-state index is 11.6. The lowest BCUT2D eigenvalue weighted by molar-refractivity contribution is 0.129. The molecule has 2 aliphatic rings. The summed E-state index contributed by atoms with van der Waals surface area (Å²) >= 11 is 0. The van der Waals surface area contributed by atoms with E-state index in [1.165, 1.54) is 19.1 Å². The highest BCUT2D eigenvalue weighted by Crippen LogP contribution is 2.24. The number of nitrogens with zero attached hydrogens (tertiary/aromatic N) is 2. The molecule has 2 unspecified atom stereocenters. The Kier molecular flexibility index (Phi) is 7.40. The van der Waals surface area contributed by atoms with Gasteiger partial charge in [0.05, 0.1) is 6.26 Å². The third-order valence-corrected chi connectivity index (χ3v) is 6.11. The van der Waals surface area contributed by atoms with E-state index in [9.17, 15) is 8.42 Å². The van der Waals surface area contributed by atoms with Crippen LogP contribution in [0.15, 0.2) is 0 Å². The lowest BCUT2D eigenvalue weighted by Gasteiger charge is -2.38. The number of hydrogen-bond acceptors (Lipinski definition) is 4. The zero-order valence-electron chi connectivity index (χ0n) is 13.2. The van der Waals surface area contributed by atoms with Crippen LogP contribution in [0.25, 0.3) is 0 Å². The van der Waals surface area contributed by atoms with Crippen molar-refractivity contribution in [3.63, 3.8) is 0 Å². The topological polar surface area (TPSA) is 66.6 Å². The van der Waals surface area contributed by atoms with Gasteiger partial charge in [-0.3, -0.25) is 0 Å². The molecule has 126 valence electrons. The van der Waals surface area contributed by atoms with Crippen molar-refractivity contribution in [3.8, 4) is 0 Å². The third kappa shape index (κ3) is 5.67. The number of sulfonamides is 1. The van der Waals surface area contributed by atoms with Crippen molar-refractivity contribution < 1.29 is 8.42 Å². The quantitative estimate of drug-likeness (QED) is 0.834. The molecule has 2 atom stereocenters. The largest absolute Gasteiger partial charge is 0.328 e. The monoisotopic (exact) mass is 339 g/mol. The second kappa shape index (κ2) is 8.11. The van der Waals surface area contributed by atoms with Crippen LogP contribution in [0.1, 0.15) is 32.6 Å². The minimum atomic E-state index is -3.02. The van der Waals surface area contributed by atoms with E-state index in [1.54, 1.807) is 4.31 Å². The highest BCUT2D eigenvalue weighted by atomic mass is 35.5. The molecule has 7 heteroatoms. The van der Waals surface area contributed by atoms with Crippen molar-refractivity contribution in [2.45, 2.75) is 38.6 Å². The molecule has 2 heterocycles. The summed E-state index contributed by atoms with van der Waals surface area (Å²) in [4.78, 5) is 2.50. The van der Waals surface area contributed by atoms with Crippen molar-refractivity contribution in [1.29, 1.82) is 0 Å². The number of nitrogens with two attached hydrogens (primary N) is 1. The van der Waals surface area contributed by atoms with Crippen LogP contribution in [0.5, 0.6) is 0 Å². The molecule has 0 amide bonds. The molecule has 21 heavy (non-hydrogen) atoms. The molecule has 0 spiro atoms. The van der Waals surface area contributed by atoms with E-state index in [-0.39, 0.29) is 12.4 Å². The average Bonchev–Trinajstić information content (AvgIpc) is 2.38. The van der Waals surface area contributed by atoms with Crippen LogP contribution in [0.3, 0.4) is 0 Å². The molecular weight excluding hydrogens is 310 g/mol. The van der Waals surface area contributed by atoms with E-state index < -0.39 is 10.0 Å². The Morgan fingerprint density at radius 3 is 2.33 bits per heavy atom. The maximum Gasteiger partial charge on any atom is 0.211 e. The summed E-state index contributed by atoms with van der Waals surface area (Å²) in [5, 5.41) is 0. The first-order chi connectivity index (χ1) is 9.36. The van der Waals surface area contributed by atoms with E-state index in [4.69, 9.17) is 5.73 Å². The fourth-order valence-corrected chi connectivity index (χ4v) is 4.45. The highest BCUT2D eigenvalue weighted by Gasteiger charge is 2.29. The van der Waals surface area contributed by atoms with Gasteiger partial charge in [0, 0.05) is 25.7 Å². The summed E-state index contributed by atoms with van der Waals surface area (Å²) in [7, 11) is -3.02. The first-order valence-electron chi connectivity index (χ1n) is 7.79. The number of halogens is 1. The Morgan fingerprint density at radius 2 is 1.81 bits per heavy atom. The predicted molar refractivity (Wildman–Crippen MR) is 89.2 cm³/mol. The van der Waals surface area contributed by atoms with E-state index >= 15 is 0 Å². The van der Waals surface area contributed by atoms with Crippen LogP contribution in [0.2, 0.25) is 0 Å². The molecule has 2 saturated heterocycles. The molecule has 2 aliphatic heterocycles. The molecule has 0 aromatic rings. The summed E-state index contributed by atoms with van der Waals surface area (Å²) in [6, 6.07) is 0.299. The first kappa shape index (κ1) is 19.2. The van der Waals surface area contributed by atoms with Gasteiger partial charge in [-0.1, -0.05) is 0 Å². The predicted octanol–water partition coefficient (Wildman–Crippen LogP) is 1.14. The number of rotatable bonds is 4. The van der Waals surface area contributed by atoms with Gasteiger partial charge in [-0.2, -0.15) is 0 Å². The summed E-state index contributed by atoms with van der Waals surface area (Å²) in [6.07, 6.45) is 5.83. The van der Waals surface area contributed by atoms with Gasteiger partial charge in [0.15, 0.2) is 0 Å². The SMILES string of the molecule is CC(N)C1CCN(CC2CCCN(S(C)(=O)=O)C2)CC1.Cl. The Morgan fingerprint density at radius 1 is 1.19 bits per heavy atom. The van der Waals surface area contributed by atoms with Gasteiger partial charge in [0.25, 0.3) is 0 Å². The van der Waals surface area contributed by atoms with Crippen molar-refractivity contribution in [3.05, 3.63) is 0 Å². The zero-order chi connectivity index (χ0) is 14.8. The molecular formula is C14H30ClN3O2S. The molecule has 0 saturated carbocycles. The van der Waals surface area contributed by atoms with Crippen LogP contribution < -0.4 is 5.73 Å². The van der Waals surface area contributed by atoms with Crippen LogP contribution in [0.4, 0.5) is 0 Å². The minimum absolute atomic E-state index is 0. The molecule has 2 rings (SSSR count).